The van der Waals surface area contributed by atoms with Crippen molar-refractivity contribution < 1.29 is 13.9 Å². The van der Waals surface area contributed by atoms with Gasteiger partial charge in [0.15, 0.2) is 0 Å². The number of amides is 1. The van der Waals surface area contributed by atoms with Crippen molar-refractivity contribution >= 4 is 16.7 Å². The lowest BCUT2D eigenvalue weighted by molar-refractivity contribution is 0.0692. The lowest BCUT2D eigenvalue weighted by Crippen LogP contribution is -2.53. The van der Waals surface area contributed by atoms with Gasteiger partial charge in [0.05, 0.1) is 22.7 Å². The Labute approximate surface area is 196 Å². The van der Waals surface area contributed by atoms with E-state index in [2.05, 4.69) is 15.5 Å². The van der Waals surface area contributed by atoms with E-state index in [0.717, 1.165) is 31.2 Å². The molecular formula is C26H27FN4O3. The molecule has 2 atom stereocenters. The first-order chi connectivity index (χ1) is 16.5. The zero-order valence-corrected chi connectivity index (χ0v) is 18.9. The molecular weight excluding hydrogens is 435 g/mol. The number of piperazine rings is 1. The van der Waals surface area contributed by atoms with Crippen LogP contribution in [0.3, 0.4) is 0 Å². The van der Waals surface area contributed by atoms with Crippen LogP contribution in [0.2, 0.25) is 0 Å². The van der Waals surface area contributed by atoms with Crippen molar-refractivity contribution in [3.05, 3.63) is 69.4 Å². The number of nitrogens with one attached hydrogen (secondary N) is 2. The fourth-order valence-corrected chi connectivity index (χ4v) is 5.26. The lowest BCUT2D eigenvalue weighted by Gasteiger charge is -2.33. The van der Waals surface area contributed by atoms with Gasteiger partial charge in [-0.3, -0.25) is 9.59 Å². The summed E-state index contributed by atoms with van der Waals surface area (Å²) in [6.45, 7) is 1.21. The summed E-state index contributed by atoms with van der Waals surface area (Å²) in [5.74, 6) is -0.0718. The highest BCUT2D eigenvalue weighted by Gasteiger charge is 2.35. The van der Waals surface area contributed by atoms with Gasteiger partial charge in [0.1, 0.15) is 11.6 Å². The summed E-state index contributed by atoms with van der Waals surface area (Å²) < 4.78 is 20.7. The van der Waals surface area contributed by atoms with Crippen molar-refractivity contribution in [1.82, 2.24) is 20.4 Å². The molecule has 2 saturated heterocycles. The summed E-state index contributed by atoms with van der Waals surface area (Å²) in [4.78, 5) is 27.3. The second-order valence-electron chi connectivity index (χ2n) is 9.72. The number of H-pyrrole nitrogens is 1. The predicted molar refractivity (Wildman–Crippen MR) is 126 cm³/mol. The predicted octanol–water partition coefficient (Wildman–Crippen LogP) is 3.16. The molecule has 2 unspecified atom stereocenters. The zero-order valence-electron chi connectivity index (χ0n) is 18.9. The quantitative estimate of drug-likeness (QED) is 0.608. The molecule has 1 aromatic heterocycles. The van der Waals surface area contributed by atoms with E-state index in [0.29, 0.717) is 53.8 Å². The molecule has 176 valence electrons. The minimum Gasteiger partial charge on any atom is -0.490 e. The number of likely N-dealkylation sites (tertiary alicyclic amines) is 1. The van der Waals surface area contributed by atoms with Crippen LogP contribution >= 0.6 is 0 Å². The molecule has 3 heterocycles. The second kappa shape index (κ2) is 8.51. The van der Waals surface area contributed by atoms with Crippen molar-refractivity contribution in [3.8, 4) is 5.75 Å². The third kappa shape index (κ3) is 3.96. The first-order valence-corrected chi connectivity index (χ1v) is 12.1. The Hall–Kier alpha value is -3.26. The molecule has 0 radical (unpaired) electrons. The number of carbonyl (C=O) groups is 1. The maximum atomic E-state index is 14.7. The van der Waals surface area contributed by atoms with E-state index in [9.17, 15) is 14.0 Å². The highest BCUT2D eigenvalue weighted by atomic mass is 19.1. The molecule has 0 spiro atoms. The van der Waals surface area contributed by atoms with Crippen molar-refractivity contribution in [2.75, 3.05) is 13.1 Å². The molecule has 2 aliphatic heterocycles. The van der Waals surface area contributed by atoms with E-state index in [1.165, 1.54) is 12.5 Å². The summed E-state index contributed by atoms with van der Waals surface area (Å²) in [6.07, 6.45) is 5.93. The number of fused-ring (bicyclic) bond motifs is 3. The number of rotatable bonds is 5. The molecule has 2 bridgehead atoms. The number of aromatic amines is 1. The first kappa shape index (κ1) is 21.3. The number of benzene rings is 2. The molecule has 7 nitrogen and oxygen atoms in total. The minimum atomic E-state index is -0.518. The van der Waals surface area contributed by atoms with E-state index >= 15 is 0 Å². The lowest BCUT2D eigenvalue weighted by atomic mass is 9.96. The largest absolute Gasteiger partial charge is 0.490 e. The number of nitrogens with zero attached hydrogens (tertiary/aromatic N) is 2. The minimum absolute atomic E-state index is 0.0848. The van der Waals surface area contributed by atoms with Crippen LogP contribution in [0, 0.1) is 5.82 Å². The van der Waals surface area contributed by atoms with E-state index < -0.39 is 5.82 Å². The molecule has 8 heteroatoms. The Morgan fingerprint density at radius 2 is 1.85 bits per heavy atom. The van der Waals surface area contributed by atoms with Crippen LogP contribution in [0.1, 0.15) is 53.7 Å². The van der Waals surface area contributed by atoms with Crippen LogP contribution in [0.25, 0.3) is 10.8 Å². The summed E-state index contributed by atoms with van der Waals surface area (Å²) in [5.41, 5.74) is 1.23. The molecule has 2 aromatic carbocycles. The van der Waals surface area contributed by atoms with Gasteiger partial charge in [0.25, 0.3) is 11.5 Å². The van der Waals surface area contributed by atoms with Crippen molar-refractivity contribution in [2.24, 2.45) is 0 Å². The number of carbonyl (C=O) groups excluding carboxylic acids is 1. The van der Waals surface area contributed by atoms with Crippen LogP contribution in [0.15, 0.2) is 41.2 Å². The monoisotopic (exact) mass is 462 g/mol. The Morgan fingerprint density at radius 3 is 2.59 bits per heavy atom. The maximum absolute atomic E-state index is 14.7. The third-order valence-electron chi connectivity index (χ3n) is 7.33. The molecule has 3 aliphatic rings. The van der Waals surface area contributed by atoms with Gasteiger partial charge in [-0.2, -0.15) is 5.10 Å². The topological polar surface area (TPSA) is 87.3 Å². The summed E-state index contributed by atoms with van der Waals surface area (Å²) in [7, 11) is 0. The molecule has 1 amide bonds. The maximum Gasteiger partial charge on any atom is 0.272 e. The molecule has 2 N–H and O–H groups in total. The molecule has 1 saturated carbocycles. The number of aromatic nitrogens is 2. The van der Waals surface area contributed by atoms with E-state index in [1.807, 2.05) is 12.1 Å². The third-order valence-corrected chi connectivity index (χ3v) is 7.33. The normalized spacial score (nSPS) is 22.1. The van der Waals surface area contributed by atoms with E-state index in [4.69, 9.17) is 4.74 Å². The van der Waals surface area contributed by atoms with Crippen LogP contribution in [0.5, 0.6) is 5.75 Å². The smallest absolute Gasteiger partial charge is 0.272 e. The van der Waals surface area contributed by atoms with Gasteiger partial charge in [-0.15, -0.1) is 0 Å². The SMILES string of the molecule is O=C(c1cc(Cc2n[nH]c(=O)c3ccc(OC4CCC4)cc23)ccc1F)N1CC2CCC(C1)N2. The zero-order chi connectivity index (χ0) is 23.2. The first-order valence-electron chi connectivity index (χ1n) is 12.1. The molecule has 6 rings (SSSR count). The molecule has 3 aromatic rings. The molecule has 3 fully saturated rings. The Bertz CT molecular complexity index is 1310. The van der Waals surface area contributed by atoms with Gasteiger partial charge < -0.3 is 15.0 Å². The van der Waals surface area contributed by atoms with E-state index in [-0.39, 0.29) is 23.1 Å². The summed E-state index contributed by atoms with van der Waals surface area (Å²) >= 11 is 0. The average molecular weight is 463 g/mol. The van der Waals surface area contributed by atoms with Crippen molar-refractivity contribution in [3.63, 3.8) is 0 Å². The standard InChI is InChI=1S/C26H27FN4O3/c27-23-9-4-15(10-22(23)26(33)31-13-16-5-6-17(14-31)28-16)11-24-21-12-19(34-18-2-1-3-18)7-8-20(21)25(32)30-29-24/h4,7-10,12,16-18,28H,1-3,5-6,11,13-14H2,(H,30,32). The van der Waals surface area contributed by atoms with Gasteiger partial charge >= 0.3 is 0 Å². The van der Waals surface area contributed by atoms with Crippen LogP contribution in [-0.2, 0) is 6.42 Å². The van der Waals surface area contributed by atoms with Crippen LogP contribution < -0.4 is 15.6 Å². The average Bonchev–Trinajstić information content (AvgIpc) is 3.16. The number of halogens is 1. The van der Waals surface area contributed by atoms with Gasteiger partial charge in [-0.05, 0) is 68.0 Å². The number of hydrogen-bond donors (Lipinski definition) is 2. The Morgan fingerprint density at radius 1 is 1.06 bits per heavy atom. The Kier molecular flexibility index (Phi) is 5.32. The van der Waals surface area contributed by atoms with Crippen LogP contribution in [0.4, 0.5) is 4.39 Å². The van der Waals surface area contributed by atoms with Gasteiger partial charge in [0, 0.05) is 37.0 Å². The molecule has 34 heavy (non-hydrogen) atoms. The van der Waals surface area contributed by atoms with Crippen molar-refractivity contribution in [2.45, 2.75) is 56.7 Å². The van der Waals surface area contributed by atoms with Crippen molar-refractivity contribution in [1.29, 1.82) is 0 Å². The summed E-state index contributed by atoms with van der Waals surface area (Å²) in [5, 5.41) is 11.6. The fourth-order valence-electron chi connectivity index (χ4n) is 5.26. The number of ether oxygens (including phenoxy) is 1. The van der Waals surface area contributed by atoms with Gasteiger partial charge in [-0.25, -0.2) is 9.49 Å². The van der Waals surface area contributed by atoms with Gasteiger partial charge in [0.2, 0.25) is 0 Å². The molecule has 1 aliphatic carbocycles. The number of hydrogen-bond acceptors (Lipinski definition) is 5. The summed E-state index contributed by atoms with van der Waals surface area (Å²) in [6, 6.07) is 10.6. The highest BCUT2D eigenvalue weighted by Crippen LogP contribution is 2.29. The Balaban J connectivity index is 1.29. The highest BCUT2D eigenvalue weighted by molar-refractivity contribution is 5.95. The fraction of sp³-hybridized carbons (Fsp3) is 0.423. The second-order valence-corrected chi connectivity index (χ2v) is 9.72. The van der Waals surface area contributed by atoms with E-state index in [1.54, 1.807) is 23.1 Å². The van der Waals surface area contributed by atoms with Gasteiger partial charge in [-0.1, -0.05) is 6.07 Å². The van der Waals surface area contributed by atoms with Crippen LogP contribution in [-0.4, -0.2) is 52.3 Å².